The molecule has 0 aliphatic heterocycles. The minimum absolute atomic E-state index is 1.14. The number of para-hydroxylation sites is 3. The average molecular weight is 929 g/mol. The molecule has 0 saturated carbocycles. The molecule has 3 heterocycles. The summed E-state index contributed by atoms with van der Waals surface area (Å²) >= 11 is 1.87. The van der Waals surface area contributed by atoms with E-state index >= 15 is 0 Å². The Labute approximate surface area is 411 Å². The Morgan fingerprint density at radius 1 is 0.243 bits per heavy atom. The second-order valence-electron chi connectivity index (χ2n) is 18.1. The van der Waals surface area contributed by atoms with Gasteiger partial charge >= 0.3 is 0 Å². The highest BCUT2D eigenvalue weighted by Gasteiger charge is 2.34. The van der Waals surface area contributed by atoms with Crippen LogP contribution in [0.15, 0.2) is 287 Å². The number of aromatic nitrogens is 2. The Morgan fingerprint density at radius 2 is 0.657 bits per heavy atom. The number of benzene rings is 11. The van der Waals surface area contributed by atoms with Crippen molar-refractivity contribution < 1.29 is 0 Å². The molecular formula is C66H44N2S2. The van der Waals surface area contributed by atoms with E-state index in [2.05, 4.69) is 276 Å². The minimum atomic E-state index is -2.03. The smallest absolute Gasteiger partial charge is 0.0541 e. The Hall–Kier alpha value is -8.41. The van der Waals surface area contributed by atoms with Gasteiger partial charge in [0.1, 0.15) is 0 Å². The lowest BCUT2D eigenvalue weighted by Crippen LogP contribution is -2.06. The van der Waals surface area contributed by atoms with Crippen molar-refractivity contribution in [2.75, 3.05) is 0 Å². The van der Waals surface area contributed by atoms with Gasteiger partial charge < -0.3 is 9.13 Å². The molecule has 2 nitrogen and oxygen atoms in total. The van der Waals surface area contributed by atoms with Crippen molar-refractivity contribution in [2.24, 2.45) is 0 Å². The monoisotopic (exact) mass is 928 g/mol. The number of rotatable bonds is 8. The molecule has 0 aliphatic rings. The lowest BCUT2D eigenvalue weighted by molar-refractivity contribution is 1.15. The summed E-state index contributed by atoms with van der Waals surface area (Å²) in [6, 6.07) is 99.4. The average Bonchev–Trinajstić information content (AvgIpc) is 4.09. The standard InChI is InChI=1S/C66H44N2S2/c1-3-22-51(23-4-1)70(52-24-5-2-6-25-52,53-26-16-19-46(41-53)48-37-39-66-60(43-48)58-31-10-14-35-65(58)69-66)54-27-17-21-50(44-54)68-63-34-13-9-30-57(63)59-42-47(36-38-64(59)68)45-18-15-20-49(40-45)67-61-32-11-7-28-55(61)56-29-8-12-33-62(56)67/h1-44H. The topological polar surface area (TPSA) is 9.86 Å². The first kappa shape index (κ1) is 40.6. The molecule has 70 heavy (non-hydrogen) atoms. The molecule has 0 saturated heterocycles. The van der Waals surface area contributed by atoms with Crippen molar-refractivity contribution in [3.8, 4) is 33.6 Å². The zero-order valence-corrected chi connectivity index (χ0v) is 39.7. The molecule has 0 atom stereocenters. The normalized spacial score (nSPS) is 12.2. The third-order valence-electron chi connectivity index (χ3n) is 14.2. The highest BCUT2D eigenvalue weighted by Crippen LogP contribution is 2.73. The SMILES string of the molecule is c1ccc(S(c2ccccc2)(c2cccc(-c3ccc4sc5ccccc5c4c3)c2)c2cccc(-n3c4ccccc4c4cc(-c5cccc(-n6c7ccccc7c7ccccc76)c5)ccc43)c2)cc1. The van der Waals surface area contributed by atoms with Crippen LogP contribution in [0.2, 0.25) is 0 Å². The molecule has 0 spiro atoms. The first-order chi connectivity index (χ1) is 34.7. The number of thiophene rings is 1. The van der Waals surface area contributed by atoms with Crippen LogP contribution in [0.5, 0.6) is 0 Å². The van der Waals surface area contributed by atoms with Crippen LogP contribution in [0.4, 0.5) is 0 Å². The molecule has 0 N–H and O–H groups in total. The highest BCUT2D eigenvalue weighted by molar-refractivity contribution is 8.34. The summed E-state index contributed by atoms with van der Waals surface area (Å²) in [7, 11) is -2.03. The maximum atomic E-state index is 2.48. The van der Waals surface area contributed by atoms with Gasteiger partial charge in [-0.15, -0.1) is 21.4 Å². The maximum Gasteiger partial charge on any atom is 0.0541 e. The van der Waals surface area contributed by atoms with E-state index in [1.165, 1.54) is 106 Å². The molecule has 0 bridgehead atoms. The van der Waals surface area contributed by atoms with Gasteiger partial charge in [-0.1, -0.05) is 152 Å². The molecule has 330 valence electrons. The summed E-state index contributed by atoms with van der Waals surface area (Å²) in [6.45, 7) is 0. The summed E-state index contributed by atoms with van der Waals surface area (Å²) in [5.74, 6) is 0. The second-order valence-corrected chi connectivity index (χ2v) is 22.3. The van der Waals surface area contributed by atoms with Gasteiger partial charge in [-0.25, -0.2) is 0 Å². The van der Waals surface area contributed by atoms with Crippen LogP contribution in [-0.2, 0) is 0 Å². The third-order valence-corrected chi connectivity index (χ3v) is 19.2. The van der Waals surface area contributed by atoms with Gasteiger partial charge in [-0.05, 0) is 138 Å². The summed E-state index contributed by atoms with van der Waals surface area (Å²) in [5, 5.41) is 7.62. The largest absolute Gasteiger partial charge is 0.309 e. The van der Waals surface area contributed by atoms with E-state index in [1.807, 2.05) is 11.3 Å². The lowest BCUT2D eigenvalue weighted by atomic mass is 10.0. The van der Waals surface area contributed by atoms with Crippen molar-refractivity contribution in [2.45, 2.75) is 19.6 Å². The van der Waals surface area contributed by atoms with E-state index in [0.717, 1.165) is 11.4 Å². The van der Waals surface area contributed by atoms with Crippen LogP contribution in [0.1, 0.15) is 0 Å². The number of hydrogen-bond donors (Lipinski definition) is 0. The molecule has 14 rings (SSSR count). The highest BCUT2D eigenvalue weighted by atomic mass is 32.3. The van der Waals surface area contributed by atoms with Gasteiger partial charge in [0.15, 0.2) is 0 Å². The molecule has 0 unspecified atom stereocenters. The molecule has 0 aliphatic carbocycles. The fourth-order valence-electron chi connectivity index (χ4n) is 11.1. The maximum absolute atomic E-state index is 2.48. The first-order valence-corrected chi connectivity index (χ1v) is 26.3. The Balaban J connectivity index is 0.937. The zero-order chi connectivity index (χ0) is 46.2. The van der Waals surface area contributed by atoms with Crippen LogP contribution in [0.3, 0.4) is 0 Å². The third kappa shape index (κ3) is 6.34. The first-order valence-electron chi connectivity index (χ1n) is 23.9. The summed E-state index contributed by atoms with van der Waals surface area (Å²) in [6.07, 6.45) is 0. The Kier molecular flexibility index (Phi) is 9.51. The molecule has 0 amide bonds. The molecule has 14 aromatic rings. The van der Waals surface area contributed by atoms with Crippen LogP contribution in [0, 0.1) is 0 Å². The quantitative estimate of drug-likeness (QED) is 0.144. The van der Waals surface area contributed by atoms with E-state index in [1.54, 1.807) is 0 Å². The zero-order valence-electron chi connectivity index (χ0n) is 38.1. The van der Waals surface area contributed by atoms with Crippen molar-refractivity contribution in [1.29, 1.82) is 0 Å². The van der Waals surface area contributed by atoms with E-state index in [4.69, 9.17) is 0 Å². The molecule has 3 aromatic heterocycles. The van der Waals surface area contributed by atoms with Crippen molar-refractivity contribution in [1.82, 2.24) is 9.13 Å². The Bertz CT molecular complexity index is 4220. The fraction of sp³-hybridized carbons (Fsp3) is 0. The van der Waals surface area contributed by atoms with Crippen molar-refractivity contribution in [3.63, 3.8) is 0 Å². The van der Waals surface area contributed by atoms with Crippen LogP contribution in [-0.4, -0.2) is 9.13 Å². The van der Waals surface area contributed by atoms with Gasteiger partial charge in [0.25, 0.3) is 0 Å². The number of hydrogen-bond acceptors (Lipinski definition) is 1. The van der Waals surface area contributed by atoms with E-state index < -0.39 is 10.0 Å². The number of fused-ring (bicyclic) bond motifs is 9. The fourth-order valence-corrected chi connectivity index (χ4v) is 16.1. The molecular weight excluding hydrogens is 885 g/mol. The van der Waals surface area contributed by atoms with Gasteiger partial charge in [0.2, 0.25) is 0 Å². The predicted molar refractivity (Wildman–Crippen MR) is 299 cm³/mol. The molecule has 11 aromatic carbocycles. The van der Waals surface area contributed by atoms with E-state index in [9.17, 15) is 0 Å². The van der Waals surface area contributed by atoms with Crippen LogP contribution < -0.4 is 0 Å². The van der Waals surface area contributed by atoms with Gasteiger partial charge in [-0.3, -0.25) is 0 Å². The summed E-state index contributed by atoms with van der Waals surface area (Å²) < 4.78 is 7.52. The molecule has 4 heteroatoms. The van der Waals surface area contributed by atoms with E-state index in [-0.39, 0.29) is 0 Å². The second kappa shape index (κ2) is 16.4. The Morgan fingerprint density at radius 3 is 1.30 bits per heavy atom. The predicted octanol–water partition coefficient (Wildman–Crippen LogP) is 18.9. The van der Waals surface area contributed by atoms with Crippen molar-refractivity contribution >= 4 is 85.1 Å². The van der Waals surface area contributed by atoms with Crippen LogP contribution in [0.25, 0.3) is 97.4 Å². The summed E-state index contributed by atoms with van der Waals surface area (Å²) in [4.78, 5) is 5.17. The summed E-state index contributed by atoms with van der Waals surface area (Å²) in [5.41, 5.74) is 11.9. The van der Waals surface area contributed by atoms with Crippen LogP contribution >= 0.6 is 21.4 Å². The molecule has 0 fully saturated rings. The van der Waals surface area contributed by atoms with Gasteiger partial charge in [0.05, 0.1) is 22.1 Å². The van der Waals surface area contributed by atoms with E-state index in [0.29, 0.717) is 0 Å². The number of nitrogens with zero attached hydrogens (tertiary/aromatic N) is 2. The van der Waals surface area contributed by atoms with Crippen molar-refractivity contribution in [3.05, 3.63) is 267 Å². The van der Waals surface area contributed by atoms with Gasteiger partial charge in [0, 0.05) is 72.7 Å². The lowest BCUT2D eigenvalue weighted by Gasteiger charge is -2.42. The minimum Gasteiger partial charge on any atom is -0.309 e. The molecule has 0 radical (unpaired) electrons. The van der Waals surface area contributed by atoms with Gasteiger partial charge in [-0.2, -0.15) is 0 Å².